The van der Waals surface area contributed by atoms with Crippen LogP contribution in [0.5, 0.6) is 0 Å². The molecule has 0 saturated carbocycles. The molecule has 0 radical (unpaired) electrons. The summed E-state index contributed by atoms with van der Waals surface area (Å²) in [7, 11) is 0. The summed E-state index contributed by atoms with van der Waals surface area (Å²) in [5.41, 5.74) is 11.3. The first-order valence-corrected chi connectivity index (χ1v) is 24.1. The third-order valence-corrected chi connectivity index (χ3v) is 15.2. The van der Waals surface area contributed by atoms with Crippen LogP contribution in [0.15, 0.2) is 221 Å². The van der Waals surface area contributed by atoms with Crippen LogP contribution in [-0.2, 0) is 0 Å². The van der Waals surface area contributed by atoms with Crippen LogP contribution in [0, 0.1) is 0 Å². The van der Waals surface area contributed by atoms with Crippen molar-refractivity contribution in [2.24, 2.45) is 0 Å². The molecule has 0 saturated heterocycles. The summed E-state index contributed by atoms with van der Waals surface area (Å²) in [6.45, 7) is 6.59. The van der Waals surface area contributed by atoms with E-state index in [2.05, 4.69) is 211 Å². The van der Waals surface area contributed by atoms with Gasteiger partial charge in [-0.05, 0) is 121 Å². The zero-order valence-electron chi connectivity index (χ0n) is 36.4. The van der Waals surface area contributed by atoms with Crippen LogP contribution in [0.25, 0.3) is 96.7 Å². The van der Waals surface area contributed by atoms with Crippen molar-refractivity contribution in [2.75, 3.05) is 9.80 Å². The van der Waals surface area contributed by atoms with Gasteiger partial charge in [-0.3, -0.25) is 0 Å². The zero-order valence-corrected chi connectivity index (χ0v) is 38.1. The summed E-state index contributed by atoms with van der Waals surface area (Å²) in [6.07, 6.45) is 4.17. The van der Waals surface area contributed by atoms with E-state index in [4.69, 9.17) is 8.83 Å². The lowest BCUT2D eigenvalue weighted by Crippen LogP contribution is -2.29. The Labute approximate surface area is 394 Å². The fourth-order valence-corrected chi connectivity index (χ4v) is 12.0. The Morgan fingerprint density at radius 2 is 1.01 bits per heavy atom. The monoisotopic (exact) mass is 896 g/mol. The molecule has 318 valence electrons. The molecule has 13 rings (SSSR count). The molecule has 4 heterocycles. The maximum atomic E-state index is 6.99. The molecule has 13 aromatic rings. The second kappa shape index (κ2) is 15.8. The summed E-state index contributed by atoms with van der Waals surface area (Å²) >= 11 is 3.67. The smallest absolute Gasteiger partial charge is 0.159 e. The van der Waals surface area contributed by atoms with Crippen LogP contribution in [0.4, 0.5) is 28.4 Å². The molecule has 6 heteroatoms. The third kappa shape index (κ3) is 6.48. The van der Waals surface area contributed by atoms with Gasteiger partial charge >= 0.3 is 0 Å². The molecule has 9 aromatic carbocycles. The van der Waals surface area contributed by atoms with Crippen LogP contribution in [0.3, 0.4) is 0 Å². The van der Waals surface area contributed by atoms with E-state index in [1.165, 1.54) is 45.9 Å². The molecule has 0 unspecified atom stereocenters. The maximum absolute atomic E-state index is 6.99. The van der Waals surface area contributed by atoms with Crippen molar-refractivity contribution in [3.8, 4) is 11.1 Å². The number of anilines is 5. The average Bonchev–Trinajstić information content (AvgIpc) is 4.14. The Bertz CT molecular complexity index is 4230. The first-order chi connectivity index (χ1) is 33.1. The van der Waals surface area contributed by atoms with Crippen molar-refractivity contribution in [2.45, 2.75) is 6.92 Å². The van der Waals surface area contributed by atoms with Crippen LogP contribution >= 0.6 is 22.7 Å². The molecular formula is C61H40N2O2S2. The minimum absolute atomic E-state index is 0.718. The van der Waals surface area contributed by atoms with Crippen LogP contribution in [-0.4, -0.2) is 0 Å². The summed E-state index contributed by atoms with van der Waals surface area (Å²) in [6, 6.07) is 71.5. The SMILES string of the molecule is C=c1/c(=C(\C=C/C)N(c2ccccc2)c2cccc(N(c3ccc4sc5ccccc5c4c3)c3cccc4c3oc3ccc(-c5ccc6sc7ccccc7c6c5)cc34)c2)oc2ccccc12. The van der Waals surface area contributed by atoms with Crippen molar-refractivity contribution >= 4 is 137 Å². The lowest BCUT2D eigenvalue weighted by molar-refractivity contribution is 0.572. The van der Waals surface area contributed by atoms with Gasteiger partial charge in [0, 0.05) is 84.5 Å². The number of thiophene rings is 2. The Kier molecular flexibility index (Phi) is 9.24. The predicted molar refractivity (Wildman–Crippen MR) is 287 cm³/mol. The van der Waals surface area contributed by atoms with Crippen molar-refractivity contribution < 1.29 is 8.83 Å². The van der Waals surface area contributed by atoms with E-state index in [0.717, 1.165) is 83.2 Å². The number of hydrogen-bond acceptors (Lipinski definition) is 6. The van der Waals surface area contributed by atoms with Gasteiger partial charge in [-0.15, -0.1) is 22.7 Å². The molecule has 0 fully saturated rings. The Morgan fingerprint density at radius 3 is 1.78 bits per heavy atom. The van der Waals surface area contributed by atoms with Crippen LogP contribution in [0.2, 0.25) is 0 Å². The van der Waals surface area contributed by atoms with Crippen LogP contribution in [0.1, 0.15) is 6.92 Å². The number of fused-ring (bicyclic) bond motifs is 10. The highest BCUT2D eigenvalue weighted by Gasteiger charge is 2.24. The molecule has 0 spiro atoms. The molecule has 0 bridgehead atoms. The topological polar surface area (TPSA) is 32.8 Å². The minimum Gasteiger partial charge on any atom is -0.454 e. The average molecular weight is 897 g/mol. The normalized spacial score (nSPS) is 12.5. The second-order valence-corrected chi connectivity index (χ2v) is 19.0. The molecule has 4 nitrogen and oxygen atoms in total. The minimum atomic E-state index is 0.718. The molecule has 0 atom stereocenters. The van der Waals surface area contributed by atoms with E-state index in [1.54, 1.807) is 0 Å². The Hall–Kier alpha value is -8.16. The van der Waals surface area contributed by atoms with Crippen molar-refractivity contribution in [1.82, 2.24) is 0 Å². The quantitative estimate of drug-likeness (QED) is 0.152. The van der Waals surface area contributed by atoms with Gasteiger partial charge in [-0.2, -0.15) is 0 Å². The van der Waals surface area contributed by atoms with Gasteiger partial charge in [0.2, 0.25) is 0 Å². The molecule has 0 aliphatic rings. The number of para-hydroxylation sites is 3. The summed E-state index contributed by atoms with van der Waals surface area (Å²) in [5.74, 6) is 0. The number of nitrogens with zero attached hydrogens (tertiary/aromatic N) is 2. The number of hydrogen-bond donors (Lipinski definition) is 0. The van der Waals surface area contributed by atoms with E-state index in [0.29, 0.717) is 0 Å². The van der Waals surface area contributed by atoms with Crippen molar-refractivity contribution in [3.63, 3.8) is 0 Å². The van der Waals surface area contributed by atoms with Gasteiger partial charge in [0.15, 0.2) is 11.0 Å². The molecule has 0 aliphatic carbocycles. The fraction of sp³-hybridized carbons (Fsp3) is 0.0164. The molecule has 0 amide bonds. The number of rotatable bonds is 8. The highest BCUT2D eigenvalue weighted by Crippen LogP contribution is 2.46. The van der Waals surface area contributed by atoms with E-state index in [1.807, 2.05) is 47.8 Å². The van der Waals surface area contributed by atoms with Gasteiger partial charge in [0.25, 0.3) is 0 Å². The third-order valence-electron chi connectivity index (χ3n) is 12.9. The van der Waals surface area contributed by atoms with E-state index >= 15 is 0 Å². The lowest BCUT2D eigenvalue weighted by atomic mass is 10.0. The van der Waals surface area contributed by atoms with Gasteiger partial charge in [-0.25, -0.2) is 0 Å². The molecule has 4 aromatic heterocycles. The van der Waals surface area contributed by atoms with Gasteiger partial charge in [0.05, 0.1) is 11.4 Å². The van der Waals surface area contributed by atoms with Crippen molar-refractivity contribution in [3.05, 3.63) is 223 Å². The van der Waals surface area contributed by atoms with Crippen molar-refractivity contribution in [1.29, 1.82) is 0 Å². The highest BCUT2D eigenvalue weighted by atomic mass is 32.1. The predicted octanol–water partition coefficient (Wildman–Crippen LogP) is 17.1. The van der Waals surface area contributed by atoms with E-state index in [-0.39, 0.29) is 0 Å². The Morgan fingerprint density at radius 1 is 0.448 bits per heavy atom. The van der Waals surface area contributed by atoms with Crippen LogP contribution < -0.4 is 20.4 Å². The standard InChI is InChI=1S/C61H40N2O2S2/c1-3-15-52(60-38(2)45-20-7-10-25-54(45)64-60)62(41-16-5-4-6-17-41)42-18-13-19-43(36-42)63(44-30-33-59-51(37-44)47-22-9-12-27-57(47)67-59)53-24-14-23-48-49-34-39(28-31-55(49)65-61(48)53)40-29-32-58-50(35-40)46-21-8-11-26-56(46)66-58/h3-37H,2H2,1H3/b15-3-,60-52-. The second-order valence-electron chi connectivity index (χ2n) is 16.9. The van der Waals surface area contributed by atoms with E-state index < -0.39 is 0 Å². The van der Waals surface area contributed by atoms with E-state index in [9.17, 15) is 0 Å². The number of furan rings is 2. The van der Waals surface area contributed by atoms with Gasteiger partial charge in [-0.1, -0.05) is 116 Å². The lowest BCUT2D eigenvalue weighted by Gasteiger charge is -2.29. The first kappa shape index (κ1) is 39.2. The number of allylic oxidation sites excluding steroid dienone is 1. The highest BCUT2D eigenvalue weighted by molar-refractivity contribution is 7.26. The molecule has 67 heavy (non-hydrogen) atoms. The Balaban J connectivity index is 1.02. The zero-order chi connectivity index (χ0) is 44.6. The molecular weight excluding hydrogens is 857 g/mol. The largest absolute Gasteiger partial charge is 0.454 e. The molecule has 0 aliphatic heterocycles. The number of benzene rings is 9. The first-order valence-electron chi connectivity index (χ1n) is 22.4. The maximum Gasteiger partial charge on any atom is 0.159 e. The summed E-state index contributed by atoms with van der Waals surface area (Å²) in [4.78, 5) is 4.62. The van der Waals surface area contributed by atoms with Gasteiger partial charge in [0.1, 0.15) is 11.2 Å². The summed E-state index contributed by atoms with van der Waals surface area (Å²) < 4.78 is 18.8. The fourth-order valence-electron chi connectivity index (χ4n) is 9.82. The molecule has 0 N–H and O–H groups in total. The summed E-state index contributed by atoms with van der Waals surface area (Å²) in [5, 5.41) is 9.03. The van der Waals surface area contributed by atoms with Gasteiger partial charge < -0.3 is 18.6 Å².